The third kappa shape index (κ3) is 3.53. The number of aromatic nitrogens is 2. The van der Waals surface area contributed by atoms with Crippen LogP contribution in [0, 0.1) is 10.1 Å². The zero-order valence-electron chi connectivity index (χ0n) is 12.6. The summed E-state index contributed by atoms with van der Waals surface area (Å²) in [6, 6.07) is 6.82. The van der Waals surface area contributed by atoms with Gasteiger partial charge in [0, 0.05) is 34.8 Å². The van der Waals surface area contributed by atoms with Crippen LogP contribution in [0.5, 0.6) is 0 Å². The van der Waals surface area contributed by atoms with Crippen LogP contribution in [-0.2, 0) is 0 Å². The third-order valence-electron chi connectivity index (χ3n) is 3.31. The number of thiazole rings is 1. The molecular weight excluding hydrogens is 346 g/mol. The van der Waals surface area contributed by atoms with Crippen LogP contribution in [0.15, 0.2) is 41.9 Å². The molecule has 1 aromatic carbocycles. The van der Waals surface area contributed by atoms with Crippen molar-refractivity contribution in [3.63, 3.8) is 0 Å². The number of aromatic amines is 1. The van der Waals surface area contributed by atoms with E-state index in [0.29, 0.717) is 16.4 Å². The standard InChI is InChI=1S/C15H11N5O4S/c16-13(21)11-5-9(6-17-11)12-7-25-15(18-12)19-14(22)8-1-3-10(4-2-8)20(23)24/h1-7,17H,(H2,16,21)(H,18,19,22). The lowest BCUT2D eigenvalue weighted by Crippen LogP contribution is -2.11. The summed E-state index contributed by atoms with van der Waals surface area (Å²) in [6.07, 6.45) is 1.59. The van der Waals surface area contributed by atoms with E-state index in [0.717, 1.165) is 0 Å². The van der Waals surface area contributed by atoms with Gasteiger partial charge in [0.05, 0.1) is 10.6 Å². The number of primary amides is 1. The quantitative estimate of drug-likeness (QED) is 0.474. The first-order chi connectivity index (χ1) is 11.9. The molecule has 25 heavy (non-hydrogen) atoms. The van der Waals surface area contributed by atoms with E-state index in [1.54, 1.807) is 17.6 Å². The molecule has 2 heterocycles. The van der Waals surface area contributed by atoms with Gasteiger partial charge in [0.2, 0.25) is 0 Å². The molecule has 9 nitrogen and oxygen atoms in total. The van der Waals surface area contributed by atoms with Crippen LogP contribution in [-0.4, -0.2) is 26.7 Å². The summed E-state index contributed by atoms with van der Waals surface area (Å²) < 4.78 is 0. The molecule has 2 amide bonds. The molecule has 0 atom stereocenters. The van der Waals surface area contributed by atoms with Crippen molar-refractivity contribution in [3.05, 3.63) is 63.3 Å². The van der Waals surface area contributed by atoms with Crippen LogP contribution in [0.3, 0.4) is 0 Å². The molecule has 0 radical (unpaired) electrons. The van der Waals surface area contributed by atoms with Crippen molar-refractivity contribution >= 4 is 34.0 Å². The van der Waals surface area contributed by atoms with E-state index >= 15 is 0 Å². The summed E-state index contributed by atoms with van der Waals surface area (Å²) in [7, 11) is 0. The van der Waals surface area contributed by atoms with Crippen LogP contribution >= 0.6 is 11.3 Å². The van der Waals surface area contributed by atoms with Crippen molar-refractivity contribution in [2.45, 2.75) is 0 Å². The maximum atomic E-state index is 12.2. The number of non-ortho nitro benzene ring substituents is 1. The Labute approximate surface area is 144 Å². The number of benzene rings is 1. The molecule has 0 fully saturated rings. The number of nitro groups is 1. The molecule has 2 aromatic heterocycles. The molecule has 3 aromatic rings. The first-order valence-corrected chi connectivity index (χ1v) is 7.82. The summed E-state index contributed by atoms with van der Waals surface area (Å²) in [6.45, 7) is 0. The molecule has 3 rings (SSSR count). The Morgan fingerprint density at radius 3 is 2.60 bits per heavy atom. The molecule has 10 heteroatoms. The molecule has 0 aliphatic rings. The molecule has 0 bridgehead atoms. The minimum absolute atomic E-state index is 0.0919. The predicted octanol–water partition coefficient (Wildman–Crippen LogP) is 2.40. The Balaban J connectivity index is 1.73. The summed E-state index contributed by atoms with van der Waals surface area (Å²) in [4.78, 5) is 40.3. The smallest absolute Gasteiger partial charge is 0.269 e. The van der Waals surface area contributed by atoms with E-state index in [4.69, 9.17) is 5.73 Å². The number of hydrogen-bond donors (Lipinski definition) is 3. The monoisotopic (exact) mass is 357 g/mol. The van der Waals surface area contributed by atoms with Crippen LogP contribution in [0.25, 0.3) is 11.3 Å². The Kier molecular flexibility index (Phi) is 4.27. The number of rotatable bonds is 5. The van der Waals surface area contributed by atoms with Crippen LogP contribution in [0.1, 0.15) is 20.8 Å². The molecule has 0 unspecified atom stereocenters. The number of H-pyrrole nitrogens is 1. The number of carbonyl (C=O) groups is 2. The average Bonchev–Trinajstić information content (AvgIpc) is 3.23. The van der Waals surface area contributed by atoms with Gasteiger partial charge in [-0.2, -0.15) is 0 Å². The third-order valence-corrected chi connectivity index (χ3v) is 4.07. The van der Waals surface area contributed by atoms with Gasteiger partial charge in [-0.3, -0.25) is 25.0 Å². The molecule has 0 saturated heterocycles. The predicted molar refractivity (Wildman–Crippen MR) is 91.5 cm³/mol. The average molecular weight is 357 g/mol. The van der Waals surface area contributed by atoms with E-state index in [1.807, 2.05) is 0 Å². The second-order valence-corrected chi connectivity index (χ2v) is 5.82. The SMILES string of the molecule is NC(=O)c1cc(-c2csc(NC(=O)c3ccc([N+](=O)[O-])cc3)n2)c[nH]1. The number of nitrogens with one attached hydrogen (secondary N) is 2. The fourth-order valence-electron chi connectivity index (χ4n) is 2.05. The fraction of sp³-hybridized carbons (Fsp3) is 0. The number of nitrogens with zero attached hydrogens (tertiary/aromatic N) is 2. The molecule has 0 aliphatic heterocycles. The number of hydrogen-bond acceptors (Lipinski definition) is 6. The summed E-state index contributed by atoms with van der Waals surface area (Å²) >= 11 is 1.21. The van der Waals surface area contributed by atoms with E-state index < -0.39 is 16.7 Å². The first kappa shape index (κ1) is 16.3. The minimum atomic E-state index is -0.576. The van der Waals surface area contributed by atoms with Gasteiger partial charge < -0.3 is 10.7 Å². The second-order valence-electron chi connectivity index (χ2n) is 4.96. The van der Waals surface area contributed by atoms with Crippen molar-refractivity contribution in [1.82, 2.24) is 9.97 Å². The number of nitrogens with two attached hydrogens (primary N) is 1. The molecule has 0 aliphatic carbocycles. The van der Waals surface area contributed by atoms with Crippen LogP contribution in [0.2, 0.25) is 0 Å². The first-order valence-electron chi connectivity index (χ1n) is 6.94. The molecule has 0 spiro atoms. The lowest BCUT2D eigenvalue weighted by Gasteiger charge is -2.01. The summed E-state index contributed by atoms with van der Waals surface area (Å²) in [5, 5.41) is 15.3. The molecular formula is C15H11N5O4S. The van der Waals surface area contributed by atoms with Gasteiger partial charge >= 0.3 is 0 Å². The lowest BCUT2D eigenvalue weighted by atomic mass is 10.2. The van der Waals surface area contributed by atoms with Crippen LogP contribution in [0.4, 0.5) is 10.8 Å². The molecule has 0 saturated carbocycles. The van der Waals surface area contributed by atoms with Gasteiger partial charge in [0.25, 0.3) is 17.5 Å². The van der Waals surface area contributed by atoms with Gasteiger partial charge in [0.15, 0.2) is 5.13 Å². The van der Waals surface area contributed by atoms with E-state index in [-0.39, 0.29) is 16.9 Å². The zero-order valence-corrected chi connectivity index (χ0v) is 13.4. The maximum Gasteiger partial charge on any atom is 0.269 e. The second kappa shape index (κ2) is 6.53. The van der Waals surface area contributed by atoms with Crippen molar-refractivity contribution in [3.8, 4) is 11.3 Å². The normalized spacial score (nSPS) is 10.4. The number of carbonyl (C=O) groups excluding carboxylic acids is 2. The number of anilines is 1. The highest BCUT2D eigenvalue weighted by atomic mass is 32.1. The topological polar surface area (TPSA) is 144 Å². The highest BCUT2D eigenvalue weighted by Crippen LogP contribution is 2.26. The maximum absolute atomic E-state index is 12.2. The number of nitro benzene ring substituents is 1. The van der Waals surface area contributed by atoms with Gasteiger partial charge in [-0.1, -0.05) is 0 Å². The summed E-state index contributed by atoms with van der Waals surface area (Å²) in [5.41, 5.74) is 6.88. The Morgan fingerprint density at radius 2 is 2.00 bits per heavy atom. The largest absolute Gasteiger partial charge is 0.364 e. The lowest BCUT2D eigenvalue weighted by molar-refractivity contribution is -0.384. The fourth-order valence-corrected chi connectivity index (χ4v) is 2.77. The molecule has 126 valence electrons. The highest BCUT2D eigenvalue weighted by Gasteiger charge is 2.13. The van der Waals surface area contributed by atoms with Gasteiger partial charge in [-0.25, -0.2) is 4.98 Å². The van der Waals surface area contributed by atoms with Crippen LogP contribution < -0.4 is 11.1 Å². The minimum Gasteiger partial charge on any atom is -0.364 e. The van der Waals surface area contributed by atoms with E-state index in [2.05, 4.69) is 15.3 Å². The van der Waals surface area contributed by atoms with Crippen molar-refractivity contribution < 1.29 is 14.5 Å². The van der Waals surface area contributed by atoms with E-state index in [1.165, 1.54) is 35.6 Å². The summed E-state index contributed by atoms with van der Waals surface area (Å²) in [5.74, 6) is -1.00. The van der Waals surface area contributed by atoms with Crippen molar-refractivity contribution in [2.75, 3.05) is 5.32 Å². The zero-order chi connectivity index (χ0) is 18.0. The van der Waals surface area contributed by atoms with E-state index in [9.17, 15) is 19.7 Å². The number of amides is 2. The van der Waals surface area contributed by atoms with Gasteiger partial charge in [-0.05, 0) is 18.2 Å². The highest BCUT2D eigenvalue weighted by molar-refractivity contribution is 7.14. The molecule has 4 N–H and O–H groups in total. The van der Waals surface area contributed by atoms with Crippen molar-refractivity contribution in [2.24, 2.45) is 5.73 Å². The van der Waals surface area contributed by atoms with Gasteiger partial charge in [0.1, 0.15) is 5.69 Å². The Morgan fingerprint density at radius 1 is 1.28 bits per heavy atom. The van der Waals surface area contributed by atoms with Crippen molar-refractivity contribution in [1.29, 1.82) is 0 Å². The van der Waals surface area contributed by atoms with Gasteiger partial charge in [-0.15, -0.1) is 11.3 Å². The Hall–Kier alpha value is -3.53. The Bertz CT molecular complexity index is 960.